The Morgan fingerprint density at radius 3 is 2.14 bits per heavy atom. The van der Waals surface area contributed by atoms with Gasteiger partial charge in [-0.05, 0) is 31.9 Å². The van der Waals surface area contributed by atoms with Crippen LogP contribution in [0, 0.1) is 5.92 Å². The van der Waals surface area contributed by atoms with Crippen LogP contribution in [0.25, 0.3) is 0 Å². The zero-order chi connectivity index (χ0) is 20.8. The minimum absolute atomic E-state index is 0.0253. The van der Waals surface area contributed by atoms with Gasteiger partial charge in [0.15, 0.2) is 11.5 Å². The Balaban J connectivity index is 1.46. The molecule has 0 unspecified atom stereocenters. The summed E-state index contributed by atoms with van der Waals surface area (Å²) in [6, 6.07) is 7.78. The summed E-state index contributed by atoms with van der Waals surface area (Å²) in [4.78, 5) is 30.4. The number of likely N-dealkylation sites (tertiary alicyclic amines) is 2. The normalized spacial score (nSPS) is 18.4. The van der Waals surface area contributed by atoms with Gasteiger partial charge in [0.25, 0.3) is 0 Å². The highest BCUT2D eigenvalue weighted by molar-refractivity contribution is 5.80. The van der Waals surface area contributed by atoms with Gasteiger partial charge in [0, 0.05) is 59.0 Å². The van der Waals surface area contributed by atoms with Gasteiger partial charge in [-0.25, -0.2) is 4.79 Å². The number of nitrogens with zero attached hydrogens (tertiary/aromatic N) is 3. The van der Waals surface area contributed by atoms with E-state index < -0.39 is 0 Å². The van der Waals surface area contributed by atoms with Crippen molar-refractivity contribution < 1.29 is 19.1 Å². The van der Waals surface area contributed by atoms with Gasteiger partial charge in [-0.1, -0.05) is 12.1 Å². The number of para-hydroxylation sites is 2. The molecule has 0 bridgehead atoms. The van der Waals surface area contributed by atoms with Crippen LogP contribution >= 0.6 is 0 Å². The molecular formula is C22H33N3O4. The van der Waals surface area contributed by atoms with Gasteiger partial charge in [0.05, 0.1) is 6.61 Å². The highest BCUT2D eigenvalue weighted by Crippen LogP contribution is 2.30. The Morgan fingerprint density at radius 1 is 0.966 bits per heavy atom. The molecule has 0 spiro atoms. The second kappa shape index (κ2) is 9.85. The van der Waals surface area contributed by atoms with Crippen molar-refractivity contribution in [2.75, 3.05) is 46.9 Å². The van der Waals surface area contributed by atoms with Gasteiger partial charge >= 0.3 is 6.03 Å². The Morgan fingerprint density at radius 2 is 1.55 bits per heavy atom. The largest absolute Gasteiger partial charge is 0.490 e. The lowest BCUT2D eigenvalue weighted by molar-refractivity contribution is -0.138. The molecule has 2 aliphatic rings. The van der Waals surface area contributed by atoms with E-state index in [1.54, 1.807) is 19.0 Å². The zero-order valence-corrected chi connectivity index (χ0v) is 17.8. The third-order valence-corrected chi connectivity index (χ3v) is 5.69. The maximum absolute atomic E-state index is 12.9. The highest BCUT2D eigenvalue weighted by atomic mass is 16.5. The minimum Gasteiger partial charge on any atom is -0.490 e. The van der Waals surface area contributed by atoms with Crippen molar-refractivity contribution in [3.8, 4) is 11.5 Å². The van der Waals surface area contributed by atoms with Crippen molar-refractivity contribution in [1.82, 2.24) is 14.7 Å². The monoisotopic (exact) mass is 403 g/mol. The van der Waals surface area contributed by atoms with E-state index in [1.807, 2.05) is 41.0 Å². The Hall–Kier alpha value is -2.44. The molecule has 0 aliphatic carbocycles. The summed E-state index contributed by atoms with van der Waals surface area (Å²) in [6.07, 6.45) is 3.24. The third kappa shape index (κ3) is 5.34. The van der Waals surface area contributed by atoms with Crippen molar-refractivity contribution in [3.05, 3.63) is 24.3 Å². The van der Waals surface area contributed by atoms with Crippen LogP contribution in [0.5, 0.6) is 11.5 Å². The van der Waals surface area contributed by atoms with E-state index in [9.17, 15) is 9.59 Å². The van der Waals surface area contributed by atoms with Crippen LogP contribution in [0.2, 0.25) is 0 Å². The Bertz CT molecular complexity index is 693. The first-order chi connectivity index (χ1) is 14.0. The number of carbonyl (C=O) groups excluding carboxylic acids is 2. The van der Waals surface area contributed by atoms with Crippen molar-refractivity contribution >= 4 is 11.9 Å². The number of urea groups is 1. The predicted octanol–water partition coefficient (Wildman–Crippen LogP) is 2.85. The molecule has 2 heterocycles. The molecule has 3 rings (SSSR count). The summed E-state index contributed by atoms with van der Waals surface area (Å²) in [5.74, 6) is 1.80. The van der Waals surface area contributed by atoms with Crippen molar-refractivity contribution in [2.24, 2.45) is 5.92 Å². The number of piperidine rings is 2. The second-order valence-electron chi connectivity index (χ2n) is 7.96. The maximum Gasteiger partial charge on any atom is 0.319 e. The van der Waals surface area contributed by atoms with Crippen LogP contribution in [0.3, 0.4) is 0 Å². The summed E-state index contributed by atoms with van der Waals surface area (Å²) in [5.41, 5.74) is 0. The van der Waals surface area contributed by atoms with Crippen LogP contribution in [0.15, 0.2) is 24.3 Å². The molecule has 2 saturated heterocycles. The zero-order valence-electron chi connectivity index (χ0n) is 17.8. The third-order valence-electron chi connectivity index (χ3n) is 5.69. The van der Waals surface area contributed by atoms with Crippen molar-refractivity contribution in [2.45, 2.75) is 38.7 Å². The summed E-state index contributed by atoms with van der Waals surface area (Å²) < 4.78 is 11.8. The van der Waals surface area contributed by atoms with Crippen LogP contribution in [0.1, 0.15) is 32.6 Å². The summed E-state index contributed by atoms with van der Waals surface area (Å²) in [6.45, 7) is 5.31. The first kappa shape index (κ1) is 21.3. The van der Waals surface area contributed by atoms with E-state index in [2.05, 4.69) is 0 Å². The van der Waals surface area contributed by atoms with Gasteiger partial charge in [0.2, 0.25) is 5.91 Å². The number of carbonyl (C=O) groups is 2. The number of ether oxygens (including phenoxy) is 2. The molecule has 0 atom stereocenters. The molecule has 1 aromatic rings. The molecule has 1 aromatic carbocycles. The fourth-order valence-corrected chi connectivity index (χ4v) is 4.05. The van der Waals surface area contributed by atoms with E-state index in [4.69, 9.17) is 9.47 Å². The SMILES string of the molecule is CCOc1ccccc1OC1CCN(C(=O)C2CCN(C(=O)N(C)C)CC2)CC1. The summed E-state index contributed by atoms with van der Waals surface area (Å²) >= 11 is 0. The van der Waals surface area contributed by atoms with Crippen molar-refractivity contribution in [3.63, 3.8) is 0 Å². The first-order valence-corrected chi connectivity index (χ1v) is 10.6. The first-order valence-electron chi connectivity index (χ1n) is 10.6. The predicted molar refractivity (Wildman–Crippen MR) is 111 cm³/mol. The van der Waals surface area contributed by atoms with E-state index in [0.717, 1.165) is 50.3 Å². The fourth-order valence-electron chi connectivity index (χ4n) is 4.05. The highest BCUT2D eigenvalue weighted by Gasteiger charge is 2.32. The van der Waals surface area contributed by atoms with E-state index in [0.29, 0.717) is 19.7 Å². The molecule has 0 saturated carbocycles. The molecule has 2 fully saturated rings. The second-order valence-corrected chi connectivity index (χ2v) is 7.96. The molecule has 0 radical (unpaired) electrons. The Labute approximate surface area is 173 Å². The summed E-state index contributed by atoms with van der Waals surface area (Å²) in [7, 11) is 3.52. The summed E-state index contributed by atoms with van der Waals surface area (Å²) in [5, 5.41) is 0. The number of hydrogen-bond acceptors (Lipinski definition) is 4. The van der Waals surface area contributed by atoms with Gasteiger partial charge in [-0.15, -0.1) is 0 Å². The van der Waals surface area contributed by atoms with Crippen LogP contribution in [0.4, 0.5) is 4.79 Å². The van der Waals surface area contributed by atoms with Gasteiger partial charge in [0.1, 0.15) is 6.10 Å². The van der Waals surface area contributed by atoms with Gasteiger partial charge in [-0.2, -0.15) is 0 Å². The average molecular weight is 404 g/mol. The molecule has 2 aliphatic heterocycles. The van der Waals surface area contributed by atoms with Gasteiger partial charge in [-0.3, -0.25) is 4.79 Å². The van der Waals surface area contributed by atoms with Crippen LogP contribution in [-0.4, -0.2) is 79.6 Å². The Kier molecular flexibility index (Phi) is 7.23. The lowest BCUT2D eigenvalue weighted by atomic mass is 9.94. The number of rotatable bonds is 5. The average Bonchev–Trinajstić information content (AvgIpc) is 2.75. The number of amides is 3. The molecule has 0 N–H and O–H groups in total. The van der Waals surface area contributed by atoms with E-state index in [1.165, 1.54) is 0 Å². The van der Waals surface area contributed by atoms with Crippen LogP contribution in [-0.2, 0) is 4.79 Å². The molecule has 3 amide bonds. The van der Waals surface area contributed by atoms with E-state index >= 15 is 0 Å². The molecule has 0 aromatic heterocycles. The molecule has 160 valence electrons. The number of benzene rings is 1. The lowest BCUT2D eigenvalue weighted by Crippen LogP contribution is -2.49. The van der Waals surface area contributed by atoms with E-state index in [-0.39, 0.29) is 24.0 Å². The molecule has 7 nitrogen and oxygen atoms in total. The molecule has 7 heteroatoms. The minimum atomic E-state index is 0.0253. The lowest BCUT2D eigenvalue weighted by Gasteiger charge is -2.37. The van der Waals surface area contributed by atoms with Crippen molar-refractivity contribution in [1.29, 1.82) is 0 Å². The quantitative estimate of drug-likeness (QED) is 0.758. The molecular weight excluding hydrogens is 370 g/mol. The van der Waals surface area contributed by atoms with Crippen LogP contribution < -0.4 is 9.47 Å². The fraction of sp³-hybridized carbons (Fsp3) is 0.636. The smallest absolute Gasteiger partial charge is 0.319 e. The number of hydrogen-bond donors (Lipinski definition) is 0. The van der Waals surface area contributed by atoms with Gasteiger partial charge < -0.3 is 24.2 Å². The topological polar surface area (TPSA) is 62.3 Å². The maximum atomic E-state index is 12.9. The standard InChI is InChI=1S/C22H33N3O4/c1-4-28-19-7-5-6-8-20(19)29-18-11-15-24(16-12-18)21(26)17-9-13-25(14-10-17)22(27)23(2)3/h5-8,17-18H,4,9-16H2,1-3H3. The molecule has 29 heavy (non-hydrogen) atoms.